The number of aliphatic hydroxyl groups is 1. The summed E-state index contributed by atoms with van der Waals surface area (Å²) in [6, 6.07) is -1.53. The molecule has 4 aliphatic heterocycles. The van der Waals surface area contributed by atoms with Gasteiger partial charge in [-0.3, -0.25) is 14.4 Å². The van der Waals surface area contributed by atoms with Crippen LogP contribution in [0.2, 0.25) is 0 Å². The molecule has 0 aliphatic carbocycles. The van der Waals surface area contributed by atoms with Crippen LogP contribution in [-0.2, 0) is 19.1 Å². The van der Waals surface area contributed by atoms with Crippen molar-refractivity contribution in [1.29, 1.82) is 0 Å². The molecule has 4 heterocycles. The number of fused-ring (bicyclic) bond motifs is 2. The van der Waals surface area contributed by atoms with Gasteiger partial charge in [0.05, 0.1) is 30.1 Å². The maximum atomic E-state index is 14.3. The van der Waals surface area contributed by atoms with Crippen molar-refractivity contribution in [3.05, 3.63) is 24.3 Å². The van der Waals surface area contributed by atoms with Crippen molar-refractivity contribution in [3.63, 3.8) is 0 Å². The van der Waals surface area contributed by atoms with Gasteiger partial charge in [-0.1, -0.05) is 45.1 Å². The first-order valence-electron chi connectivity index (χ1n) is 13.1. The van der Waals surface area contributed by atoms with Gasteiger partial charge in [0.25, 0.3) is 0 Å². The maximum Gasteiger partial charge on any atom is 0.249 e. The average molecular weight is 488 g/mol. The smallest absolute Gasteiger partial charge is 0.249 e. The van der Waals surface area contributed by atoms with E-state index in [9.17, 15) is 19.5 Å². The lowest BCUT2D eigenvalue weighted by Gasteiger charge is -2.41. The molecule has 3 amide bonds. The first kappa shape index (κ1) is 25.9. The van der Waals surface area contributed by atoms with Gasteiger partial charge < -0.3 is 24.5 Å². The van der Waals surface area contributed by atoms with Gasteiger partial charge in [-0.2, -0.15) is 0 Å². The van der Waals surface area contributed by atoms with Crippen LogP contribution in [0.1, 0.15) is 54.4 Å². The number of amides is 3. The molecule has 1 spiro atoms. The van der Waals surface area contributed by atoms with Crippen LogP contribution < -0.4 is 0 Å². The lowest BCUT2D eigenvalue weighted by molar-refractivity contribution is -0.157. The second kappa shape index (κ2) is 9.36. The fourth-order valence-corrected chi connectivity index (χ4v) is 6.68. The Morgan fingerprint density at radius 3 is 2.31 bits per heavy atom. The number of hydrogen-bond donors (Lipinski definition) is 1. The lowest BCUT2D eigenvalue weighted by atomic mass is 9.74. The van der Waals surface area contributed by atoms with Gasteiger partial charge in [0.1, 0.15) is 11.6 Å². The Balaban J connectivity index is 1.89. The second-order valence-electron chi connectivity index (χ2n) is 11.4. The van der Waals surface area contributed by atoms with Gasteiger partial charge in [-0.05, 0) is 39.5 Å². The van der Waals surface area contributed by atoms with E-state index < -0.39 is 35.1 Å². The Hall–Kier alpha value is -2.19. The van der Waals surface area contributed by atoms with Crippen molar-refractivity contribution < 1.29 is 24.2 Å². The highest BCUT2D eigenvalue weighted by Crippen LogP contribution is 2.58. The zero-order chi connectivity index (χ0) is 25.7. The van der Waals surface area contributed by atoms with Crippen molar-refractivity contribution in [1.82, 2.24) is 14.7 Å². The minimum atomic E-state index is -1.27. The van der Waals surface area contributed by atoms with E-state index in [1.165, 1.54) is 0 Å². The summed E-state index contributed by atoms with van der Waals surface area (Å²) in [6.45, 7) is 13.1. The molecule has 1 unspecified atom stereocenters. The van der Waals surface area contributed by atoms with Crippen LogP contribution in [-0.4, -0.2) is 93.1 Å². The Bertz CT molecular complexity index is 930. The van der Waals surface area contributed by atoms with Gasteiger partial charge in [0, 0.05) is 25.7 Å². The predicted octanol–water partition coefficient (Wildman–Crippen LogP) is 1.98. The predicted molar refractivity (Wildman–Crippen MR) is 132 cm³/mol. The van der Waals surface area contributed by atoms with Crippen LogP contribution in [0.25, 0.3) is 0 Å². The second-order valence-corrected chi connectivity index (χ2v) is 11.4. The summed E-state index contributed by atoms with van der Waals surface area (Å²) in [6.07, 6.45) is 9.00. The van der Waals surface area contributed by atoms with E-state index in [4.69, 9.17) is 4.74 Å². The van der Waals surface area contributed by atoms with Crippen molar-refractivity contribution >= 4 is 17.7 Å². The SMILES string of the molecule is CCCN1CC=C[C@]2(C)O[C@]34C=CCN(C(C)C)C(=O)C3N([C@@H](CO)CC(C)C)C(=O)[C@@H]4[C@@H]2C1=O. The van der Waals surface area contributed by atoms with Gasteiger partial charge in [0.2, 0.25) is 17.7 Å². The molecular weight excluding hydrogens is 446 g/mol. The molecule has 8 nitrogen and oxygen atoms in total. The monoisotopic (exact) mass is 487 g/mol. The third kappa shape index (κ3) is 3.93. The Morgan fingerprint density at radius 1 is 1.03 bits per heavy atom. The van der Waals surface area contributed by atoms with Gasteiger partial charge in [-0.15, -0.1) is 0 Å². The number of carbonyl (C=O) groups excluding carboxylic acids is 3. The van der Waals surface area contributed by atoms with Crippen LogP contribution in [0.3, 0.4) is 0 Å². The molecule has 0 saturated carbocycles. The van der Waals surface area contributed by atoms with E-state index in [-0.39, 0.29) is 36.3 Å². The highest BCUT2D eigenvalue weighted by atomic mass is 16.5. The van der Waals surface area contributed by atoms with Gasteiger partial charge in [-0.25, -0.2) is 0 Å². The first-order valence-corrected chi connectivity index (χ1v) is 13.1. The quantitative estimate of drug-likeness (QED) is 0.555. The molecule has 0 bridgehead atoms. The van der Waals surface area contributed by atoms with Crippen LogP contribution >= 0.6 is 0 Å². The van der Waals surface area contributed by atoms with E-state index in [0.717, 1.165) is 6.42 Å². The number of aliphatic hydroxyl groups excluding tert-OH is 1. The highest BCUT2D eigenvalue weighted by molar-refractivity contribution is 6.00. The molecule has 8 heteroatoms. The minimum Gasteiger partial charge on any atom is -0.394 e. The molecule has 2 fully saturated rings. The molecule has 0 aromatic carbocycles. The normalized spacial score (nSPS) is 35.5. The van der Waals surface area contributed by atoms with Gasteiger partial charge in [0.15, 0.2) is 0 Å². The molecule has 1 N–H and O–H groups in total. The summed E-state index contributed by atoms with van der Waals surface area (Å²) >= 11 is 0. The third-order valence-electron chi connectivity index (χ3n) is 8.07. The van der Waals surface area contributed by atoms with E-state index in [0.29, 0.717) is 26.1 Å². The average Bonchev–Trinajstić information content (AvgIpc) is 3.06. The molecule has 0 radical (unpaired) electrons. The summed E-state index contributed by atoms with van der Waals surface area (Å²) in [5.41, 5.74) is -2.27. The fourth-order valence-electron chi connectivity index (χ4n) is 6.68. The molecule has 194 valence electrons. The van der Waals surface area contributed by atoms with Crippen molar-refractivity contribution in [2.45, 2.75) is 83.7 Å². The number of likely N-dealkylation sites (tertiary alicyclic amines) is 1. The summed E-state index contributed by atoms with van der Waals surface area (Å²) in [5, 5.41) is 10.4. The maximum absolute atomic E-state index is 14.3. The number of nitrogens with zero attached hydrogens (tertiary/aromatic N) is 3. The Morgan fingerprint density at radius 2 is 1.71 bits per heavy atom. The number of rotatable bonds is 7. The topological polar surface area (TPSA) is 90.4 Å². The lowest BCUT2D eigenvalue weighted by Crippen LogP contribution is -2.59. The van der Waals surface area contributed by atoms with E-state index in [2.05, 4.69) is 0 Å². The molecule has 2 saturated heterocycles. The zero-order valence-electron chi connectivity index (χ0n) is 21.9. The molecule has 6 atom stereocenters. The Labute approximate surface area is 208 Å². The summed E-state index contributed by atoms with van der Waals surface area (Å²) in [7, 11) is 0. The molecule has 0 aromatic rings. The summed E-state index contributed by atoms with van der Waals surface area (Å²) < 4.78 is 6.81. The minimum absolute atomic E-state index is 0.0694. The molecule has 0 aromatic heterocycles. The molecule has 4 rings (SSSR count). The summed E-state index contributed by atoms with van der Waals surface area (Å²) in [5.74, 6) is -1.93. The number of hydrogen-bond acceptors (Lipinski definition) is 5. The van der Waals surface area contributed by atoms with Crippen molar-refractivity contribution in [2.24, 2.45) is 17.8 Å². The van der Waals surface area contributed by atoms with Crippen molar-refractivity contribution in [3.8, 4) is 0 Å². The largest absolute Gasteiger partial charge is 0.394 e. The third-order valence-corrected chi connectivity index (χ3v) is 8.07. The number of ether oxygens (including phenoxy) is 1. The standard InChI is InChI=1S/C27H41N3O5/c1-7-12-28-13-8-10-26(6)20(23(28)32)21-24(33)30(19(16-31)15-17(2)3)22-25(34)29(18(4)5)14-9-11-27(21,22)35-26/h8-11,17-22,31H,7,12-16H2,1-6H3/t19-,20-,21+,22?,26+,27+/m1/s1. The van der Waals surface area contributed by atoms with Crippen molar-refractivity contribution in [2.75, 3.05) is 26.2 Å². The van der Waals surface area contributed by atoms with E-state index in [1.807, 2.05) is 65.8 Å². The highest BCUT2D eigenvalue weighted by Gasteiger charge is 2.75. The van der Waals surface area contributed by atoms with E-state index in [1.54, 1.807) is 14.7 Å². The van der Waals surface area contributed by atoms with E-state index >= 15 is 0 Å². The van der Waals surface area contributed by atoms with Crippen LogP contribution in [0.5, 0.6) is 0 Å². The van der Waals surface area contributed by atoms with Crippen LogP contribution in [0, 0.1) is 17.8 Å². The first-order chi connectivity index (χ1) is 16.5. The molecule has 35 heavy (non-hydrogen) atoms. The molecular formula is C27H41N3O5. The fraction of sp³-hybridized carbons (Fsp3) is 0.741. The zero-order valence-corrected chi connectivity index (χ0v) is 21.9. The number of carbonyl (C=O) groups is 3. The van der Waals surface area contributed by atoms with Gasteiger partial charge >= 0.3 is 0 Å². The van der Waals surface area contributed by atoms with Crippen LogP contribution in [0.15, 0.2) is 24.3 Å². The Kier molecular flexibility index (Phi) is 6.92. The van der Waals surface area contributed by atoms with Crippen LogP contribution in [0.4, 0.5) is 0 Å². The summed E-state index contributed by atoms with van der Waals surface area (Å²) in [4.78, 5) is 47.5. The molecule has 4 aliphatic rings.